The Morgan fingerprint density at radius 2 is 2.18 bits per heavy atom. The van der Waals surface area contributed by atoms with E-state index in [1.807, 2.05) is 6.92 Å². The second-order valence-corrected chi connectivity index (χ2v) is 5.36. The van der Waals surface area contributed by atoms with Gasteiger partial charge < -0.3 is 10.1 Å². The Bertz CT molecular complexity index is 640. The number of ether oxygens (including phenoxy) is 1. The van der Waals surface area contributed by atoms with Crippen molar-refractivity contribution >= 4 is 23.2 Å². The number of nitrogens with one attached hydrogen (secondary N) is 1. The number of amides is 1. The minimum Gasteiger partial charge on any atom is -0.476 e. The Kier molecular flexibility index (Phi) is 5.83. The van der Waals surface area contributed by atoms with Crippen molar-refractivity contribution in [2.75, 3.05) is 11.9 Å². The van der Waals surface area contributed by atoms with Crippen LogP contribution in [-0.2, 0) is 6.54 Å². The largest absolute Gasteiger partial charge is 0.476 e. The molecule has 1 N–H and O–H groups in total. The standard InChI is InChI=1S/C16H20ClN3O2/c1-3-8-20-11-14(16(19-20)22-9-4-2)15(21)18-13-7-5-6-12(17)10-13/h5-7,10-11H,3-4,8-9H2,1-2H3,(H,18,21). The molecule has 0 aliphatic carbocycles. The zero-order chi connectivity index (χ0) is 15.9. The van der Waals surface area contributed by atoms with E-state index in [2.05, 4.69) is 17.3 Å². The molecule has 0 unspecified atom stereocenters. The third kappa shape index (κ3) is 4.24. The molecule has 118 valence electrons. The van der Waals surface area contributed by atoms with Crippen LogP contribution in [0.15, 0.2) is 30.5 Å². The zero-order valence-corrected chi connectivity index (χ0v) is 13.6. The Morgan fingerprint density at radius 1 is 1.36 bits per heavy atom. The molecule has 0 radical (unpaired) electrons. The predicted octanol–water partition coefficient (Wildman–Crippen LogP) is 3.99. The van der Waals surface area contributed by atoms with Crippen LogP contribution in [0.5, 0.6) is 5.88 Å². The van der Waals surface area contributed by atoms with Gasteiger partial charge in [0.1, 0.15) is 5.56 Å². The first-order valence-corrected chi connectivity index (χ1v) is 7.79. The zero-order valence-electron chi connectivity index (χ0n) is 12.8. The lowest BCUT2D eigenvalue weighted by Crippen LogP contribution is -2.13. The number of rotatable bonds is 7. The highest BCUT2D eigenvalue weighted by atomic mass is 35.5. The molecule has 0 aliphatic rings. The number of aromatic nitrogens is 2. The molecule has 6 heteroatoms. The van der Waals surface area contributed by atoms with E-state index < -0.39 is 0 Å². The summed E-state index contributed by atoms with van der Waals surface area (Å²) in [6.45, 7) is 5.34. The van der Waals surface area contributed by atoms with Gasteiger partial charge in [-0.1, -0.05) is 31.5 Å². The number of hydrogen-bond donors (Lipinski definition) is 1. The van der Waals surface area contributed by atoms with E-state index in [0.717, 1.165) is 19.4 Å². The van der Waals surface area contributed by atoms with Gasteiger partial charge in [-0.05, 0) is 31.0 Å². The quantitative estimate of drug-likeness (QED) is 0.839. The topological polar surface area (TPSA) is 56.2 Å². The minimum absolute atomic E-state index is 0.254. The smallest absolute Gasteiger partial charge is 0.262 e. The van der Waals surface area contributed by atoms with E-state index in [1.54, 1.807) is 35.1 Å². The van der Waals surface area contributed by atoms with Gasteiger partial charge in [-0.3, -0.25) is 9.48 Å². The number of carbonyl (C=O) groups is 1. The van der Waals surface area contributed by atoms with Crippen LogP contribution in [0.3, 0.4) is 0 Å². The molecule has 1 aromatic carbocycles. The van der Waals surface area contributed by atoms with Crippen LogP contribution in [0.25, 0.3) is 0 Å². The van der Waals surface area contributed by atoms with Crippen molar-refractivity contribution < 1.29 is 9.53 Å². The van der Waals surface area contributed by atoms with E-state index >= 15 is 0 Å². The average Bonchev–Trinajstić information content (AvgIpc) is 2.88. The Labute approximate surface area is 135 Å². The van der Waals surface area contributed by atoms with Gasteiger partial charge in [-0.2, -0.15) is 0 Å². The van der Waals surface area contributed by atoms with Gasteiger partial charge in [-0.15, -0.1) is 5.10 Å². The molecule has 0 bridgehead atoms. The summed E-state index contributed by atoms with van der Waals surface area (Å²) in [5.41, 5.74) is 1.07. The maximum Gasteiger partial charge on any atom is 0.262 e. The van der Waals surface area contributed by atoms with Crippen molar-refractivity contribution in [1.29, 1.82) is 0 Å². The summed E-state index contributed by atoms with van der Waals surface area (Å²) < 4.78 is 7.31. The number of halogens is 1. The minimum atomic E-state index is -0.254. The summed E-state index contributed by atoms with van der Waals surface area (Å²) in [7, 11) is 0. The fraction of sp³-hybridized carbons (Fsp3) is 0.375. The van der Waals surface area contributed by atoms with Crippen molar-refractivity contribution in [3.8, 4) is 5.88 Å². The highest BCUT2D eigenvalue weighted by Crippen LogP contribution is 2.20. The Hall–Kier alpha value is -2.01. The van der Waals surface area contributed by atoms with Crippen LogP contribution < -0.4 is 10.1 Å². The molecule has 2 rings (SSSR count). The molecule has 2 aromatic rings. The van der Waals surface area contributed by atoms with E-state index in [1.165, 1.54) is 0 Å². The molecule has 0 aliphatic heterocycles. The van der Waals surface area contributed by atoms with E-state index in [9.17, 15) is 4.79 Å². The summed E-state index contributed by atoms with van der Waals surface area (Å²) in [6.07, 6.45) is 3.51. The van der Waals surface area contributed by atoms with Gasteiger partial charge in [0, 0.05) is 23.5 Å². The van der Waals surface area contributed by atoms with Crippen LogP contribution in [0, 0.1) is 0 Å². The number of carbonyl (C=O) groups excluding carboxylic acids is 1. The molecular weight excluding hydrogens is 302 g/mol. The van der Waals surface area contributed by atoms with Gasteiger partial charge in [0.15, 0.2) is 0 Å². The predicted molar refractivity (Wildman–Crippen MR) is 87.7 cm³/mol. The maximum atomic E-state index is 12.4. The average molecular weight is 322 g/mol. The number of benzene rings is 1. The molecule has 22 heavy (non-hydrogen) atoms. The molecule has 0 atom stereocenters. The Morgan fingerprint density at radius 3 is 2.86 bits per heavy atom. The molecule has 0 saturated carbocycles. The molecule has 5 nitrogen and oxygen atoms in total. The Balaban J connectivity index is 2.19. The first-order chi connectivity index (χ1) is 10.6. The fourth-order valence-electron chi connectivity index (χ4n) is 1.97. The lowest BCUT2D eigenvalue weighted by molar-refractivity contribution is 0.102. The monoisotopic (exact) mass is 321 g/mol. The normalized spacial score (nSPS) is 10.5. The van der Waals surface area contributed by atoms with E-state index in [4.69, 9.17) is 16.3 Å². The van der Waals surface area contributed by atoms with Gasteiger partial charge >= 0.3 is 0 Å². The lowest BCUT2D eigenvalue weighted by atomic mass is 10.2. The first kappa shape index (κ1) is 16.4. The van der Waals surface area contributed by atoms with Crippen LogP contribution in [-0.4, -0.2) is 22.3 Å². The molecule has 0 fully saturated rings. The molecule has 0 saturated heterocycles. The number of anilines is 1. The number of hydrogen-bond acceptors (Lipinski definition) is 3. The van der Waals surface area contributed by atoms with Crippen molar-refractivity contribution in [3.05, 3.63) is 41.0 Å². The van der Waals surface area contributed by atoms with Crippen LogP contribution >= 0.6 is 11.6 Å². The maximum absolute atomic E-state index is 12.4. The summed E-state index contributed by atoms with van der Waals surface area (Å²) in [4.78, 5) is 12.4. The third-order valence-corrected chi connectivity index (χ3v) is 3.19. The second kappa shape index (κ2) is 7.84. The van der Waals surface area contributed by atoms with E-state index in [-0.39, 0.29) is 5.91 Å². The highest BCUT2D eigenvalue weighted by molar-refractivity contribution is 6.31. The summed E-state index contributed by atoms with van der Waals surface area (Å²) in [6, 6.07) is 7.02. The molecule has 1 heterocycles. The third-order valence-electron chi connectivity index (χ3n) is 2.95. The first-order valence-electron chi connectivity index (χ1n) is 7.41. The van der Waals surface area contributed by atoms with E-state index in [0.29, 0.717) is 28.8 Å². The molecule has 0 spiro atoms. The van der Waals surface area contributed by atoms with Crippen molar-refractivity contribution in [1.82, 2.24) is 9.78 Å². The van der Waals surface area contributed by atoms with Gasteiger partial charge in [0.25, 0.3) is 5.91 Å². The fourth-order valence-corrected chi connectivity index (χ4v) is 2.16. The molecule has 1 amide bonds. The SMILES string of the molecule is CCCOc1nn(CCC)cc1C(=O)Nc1cccc(Cl)c1. The van der Waals surface area contributed by atoms with Gasteiger partial charge in [0.2, 0.25) is 5.88 Å². The highest BCUT2D eigenvalue weighted by Gasteiger charge is 2.18. The van der Waals surface area contributed by atoms with Crippen LogP contribution in [0.2, 0.25) is 5.02 Å². The number of aryl methyl sites for hydroxylation is 1. The molecule has 1 aromatic heterocycles. The summed E-state index contributed by atoms with van der Waals surface area (Å²) in [5.74, 6) is 0.116. The van der Waals surface area contributed by atoms with Crippen LogP contribution in [0.1, 0.15) is 37.0 Å². The lowest BCUT2D eigenvalue weighted by Gasteiger charge is -2.06. The van der Waals surface area contributed by atoms with Crippen molar-refractivity contribution in [2.45, 2.75) is 33.2 Å². The number of nitrogens with zero attached hydrogens (tertiary/aromatic N) is 2. The van der Waals surface area contributed by atoms with Crippen molar-refractivity contribution in [3.63, 3.8) is 0 Å². The van der Waals surface area contributed by atoms with Crippen molar-refractivity contribution in [2.24, 2.45) is 0 Å². The second-order valence-electron chi connectivity index (χ2n) is 4.92. The van der Waals surface area contributed by atoms with Gasteiger partial charge in [0.05, 0.1) is 6.61 Å². The van der Waals surface area contributed by atoms with Gasteiger partial charge in [-0.25, -0.2) is 0 Å². The van der Waals surface area contributed by atoms with Crippen LogP contribution in [0.4, 0.5) is 5.69 Å². The summed E-state index contributed by atoms with van der Waals surface area (Å²) >= 11 is 5.93. The molecular formula is C16H20ClN3O2. The summed E-state index contributed by atoms with van der Waals surface area (Å²) in [5, 5.41) is 7.71.